The molecule has 1 aromatic rings. The molecule has 0 unspecified atom stereocenters. The van der Waals surface area contributed by atoms with Crippen molar-refractivity contribution in [2.45, 2.75) is 39.0 Å². The molecule has 0 aromatic carbocycles. The topological polar surface area (TPSA) is 17.8 Å². The molecule has 1 aliphatic rings. The summed E-state index contributed by atoms with van der Waals surface area (Å²) in [5, 5.41) is 4.54. The molecule has 2 heteroatoms. The highest BCUT2D eigenvalue weighted by molar-refractivity contribution is 5.28. The first-order chi connectivity index (χ1) is 5.83. The van der Waals surface area contributed by atoms with Crippen molar-refractivity contribution >= 4 is 0 Å². The molecule has 0 saturated carbocycles. The summed E-state index contributed by atoms with van der Waals surface area (Å²) >= 11 is 0. The first-order valence-corrected chi connectivity index (χ1v) is 4.86. The van der Waals surface area contributed by atoms with Crippen LogP contribution in [0.15, 0.2) is 0 Å². The lowest BCUT2D eigenvalue weighted by Crippen LogP contribution is -2.02. The maximum Gasteiger partial charge on any atom is 0.0659 e. The zero-order valence-electron chi connectivity index (χ0n) is 7.93. The summed E-state index contributed by atoms with van der Waals surface area (Å²) in [6.45, 7) is 2.21. The molecule has 12 heavy (non-hydrogen) atoms. The molecule has 1 aliphatic carbocycles. The van der Waals surface area contributed by atoms with E-state index in [9.17, 15) is 0 Å². The van der Waals surface area contributed by atoms with Gasteiger partial charge in [0.05, 0.1) is 5.69 Å². The number of aromatic nitrogens is 2. The number of nitrogens with zero attached hydrogens (tertiary/aromatic N) is 2. The summed E-state index contributed by atoms with van der Waals surface area (Å²) in [7, 11) is 2.07. The van der Waals surface area contributed by atoms with Gasteiger partial charge in [0.15, 0.2) is 0 Å². The molecule has 0 aliphatic heterocycles. The van der Waals surface area contributed by atoms with Crippen LogP contribution in [-0.2, 0) is 26.3 Å². The quantitative estimate of drug-likeness (QED) is 0.619. The molecule has 0 atom stereocenters. The monoisotopic (exact) mass is 164 g/mol. The normalized spacial score (nSPS) is 16.2. The van der Waals surface area contributed by atoms with Gasteiger partial charge in [0.1, 0.15) is 0 Å². The van der Waals surface area contributed by atoms with Crippen LogP contribution in [0.25, 0.3) is 0 Å². The summed E-state index contributed by atoms with van der Waals surface area (Å²) in [6.07, 6.45) is 6.26. The zero-order chi connectivity index (χ0) is 8.55. The Morgan fingerprint density at radius 1 is 1.33 bits per heavy atom. The molecular weight excluding hydrogens is 148 g/mol. The van der Waals surface area contributed by atoms with E-state index in [-0.39, 0.29) is 0 Å². The largest absolute Gasteiger partial charge is 0.272 e. The van der Waals surface area contributed by atoms with Gasteiger partial charge in [-0.3, -0.25) is 4.68 Å². The Kier molecular flexibility index (Phi) is 1.91. The molecule has 0 radical (unpaired) electrons. The van der Waals surface area contributed by atoms with Crippen molar-refractivity contribution in [2.24, 2.45) is 7.05 Å². The molecule has 2 nitrogen and oxygen atoms in total. The fraction of sp³-hybridized carbons (Fsp3) is 0.700. The van der Waals surface area contributed by atoms with Crippen LogP contribution in [0.1, 0.15) is 36.7 Å². The van der Waals surface area contributed by atoms with E-state index in [0.717, 1.165) is 6.42 Å². The van der Waals surface area contributed by atoms with Crippen LogP contribution in [0.2, 0.25) is 0 Å². The molecule has 1 heterocycles. The summed E-state index contributed by atoms with van der Waals surface area (Å²) in [6, 6.07) is 0. The van der Waals surface area contributed by atoms with Gasteiger partial charge in [-0.25, -0.2) is 0 Å². The van der Waals surface area contributed by atoms with Crippen molar-refractivity contribution in [3.8, 4) is 0 Å². The lowest BCUT2D eigenvalue weighted by Gasteiger charge is -2.09. The van der Waals surface area contributed by atoms with E-state index >= 15 is 0 Å². The van der Waals surface area contributed by atoms with E-state index in [1.54, 1.807) is 5.56 Å². The number of rotatable bonds is 1. The summed E-state index contributed by atoms with van der Waals surface area (Å²) in [5.74, 6) is 0. The smallest absolute Gasteiger partial charge is 0.0659 e. The van der Waals surface area contributed by atoms with Crippen molar-refractivity contribution in [2.75, 3.05) is 0 Å². The SMILES string of the molecule is CCc1c2c(nn1C)CCCC2. The second-order valence-electron chi connectivity index (χ2n) is 3.56. The van der Waals surface area contributed by atoms with Crippen LogP contribution in [-0.4, -0.2) is 9.78 Å². The first-order valence-electron chi connectivity index (χ1n) is 4.86. The van der Waals surface area contributed by atoms with Crippen molar-refractivity contribution in [1.29, 1.82) is 0 Å². The van der Waals surface area contributed by atoms with Crippen LogP contribution in [0.4, 0.5) is 0 Å². The van der Waals surface area contributed by atoms with Gasteiger partial charge in [-0.05, 0) is 37.7 Å². The van der Waals surface area contributed by atoms with Gasteiger partial charge in [-0.15, -0.1) is 0 Å². The minimum Gasteiger partial charge on any atom is -0.272 e. The average Bonchev–Trinajstić information content (AvgIpc) is 2.40. The van der Waals surface area contributed by atoms with Crippen molar-refractivity contribution < 1.29 is 0 Å². The van der Waals surface area contributed by atoms with Crippen LogP contribution < -0.4 is 0 Å². The lowest BCUT2D eigenvalue weighted by atomic mass is 9.95. The molecule has 2 rings (SSSR count). The Hall–Kier alpha value is -0.790. The second-order valence-corrected chi connectivity index (χ2v) is 3.56. The third-order valence-electron chi connectivity index (χ3n) is 2.78. The molecule has 0 saturated heterocycles. The molecular formula is C10H16N2. The molecule has 1 aromatic heterocycles. The molecule has 0 bridgehead atoms. The van der Waals surface area contributed by atoms with Crippen LogP contribution in [0.3, 0.4) is 0 Å². The predicted molar refractivity (Wildman–Crippen MR) is 49.2 cm³/mol. The van der Waals surface area contributed by atoms with Crippen molar-refractivity contribution in [3.63, 3.8) is 0 Å². The highest BCUT2D eigenvalue weighted by Crippen LogP contribution is 2.23. The van der Waals surface area contributed by atoms with Gasteiger partial charge in [-0.1, -0.05) is 6.92 Å². The number of aryl methyl sites for hydroxylation is 2. The Balaban J connectivity index is 2.46. The number of hydrogen-bond acceptors (Lipinski definition) is 1. The number of fused-ring (bicyclic) bond motifs is 1. The standard InChI is InChI=1S/C10H16N2/c1-3-10-8-6-4-5-7-9(8)11-12(10)2/h3-7H2,1-2H3. The Morgan fingerprint density at radius 2 is 2.08 bits per heavy atom. The van der Waals surface area contributed by atoms with Crippen molar-refractivity contribution in [1.82, 2.24) is 9.78 Å². The molecule has 0 amide bonds. The Labute approximate surface area is 73.6 Å². The maximum absolute atomic E-state index is 4.54. The minimum absolute atomic E-state index is 1.12. The van der Waals surface area contributed by atoms with E-state index < -0.39 is 0 Å². The van der Waals surface area contributed by atoms with Gasteiger partial charge in [0, 0.05) is 12.7 Å². The van der Waals surface area contributed by atoms with Gasteiger partial charge in [0.25, 0.3) is 0 Å². The molecule has 0 spiro atoms. The highest BCUT2D eigenvalue weighted by atomic mass is 15.3. The third kappa shape index (κ3) is 1.06. The van der Waals surface area contributed by atoms with E-state index in [2.05, 4.69) is 23.8 Å². The summed E-state index contributed by atoms with van der Waals surface area (Å²) < 4.78 is 2.07. The second kappa shape index (κ2) is 2.92. The van der Waals surface area contributed by atoms with Gasteiger partial charge >= 0.3 is 0 Å². The van der Waals surface area contributed by atoms with Crippen LogP contribution >= 0.6 is 0 Å². The van der Waals surface area contributed by atoms with Crippen LogP contribution in [0, 0.1) is 0 Å². The Morgan fingerprint density at radius 3 is 2.83 bits per heavy atom. The van der Waals surface area contributed by atoms with Gasteiger partial charge in [-0.2, -0.15) is 5.10 Å². The van der Waals surface area contributed by atoms with Gasteiger partial charge < -0.3 is 0 Å². The zero-order valence-corrected chi connectivity index (χ0v) is 7.93. The maximum atomic E-state index is 4.54. The van der Waals surface area contributed by atoms with E-state index in [1.165, 1.54) is 37.1 Å². The fourth-order valence-corrected chi connectivity index (χ4v) is 2.19. The summed E-state index contributed by atoms with van der Waals surface area (Å²) in [4.78, 5) is 0. The minimum atomic E-state index is 1.12. The van der Waals surface area contributed by atoms with E-state index in [1.807, 2.05) is 0 Å². The predicted octanol–water partition coefficient (Wildman–Crippen LogP) is 1.86. The Bertz CT molecular complexity index is 286. The molecule has 66 valence electrons. The highest BCUT2D eigenvalue weighted by Gasteiger charge is 2.17. The van der Waals surface area contributed by atoms with E-state index in [0.29, 0.717) is 0 Å². The third-order valence-corrected chi connectivity index (χ3v) is 2.78. The van der Waals surface area contributed by atoms with Crippen molar-refractivity contribution in [3.05, 3.63) is 17.0 Å². The lowest BCUT2D eigenvalue weighted by molar-refractivity contribution is 0.664. The first kappa shape index (κ1) is 7.84. The van der Waals surface area contributed by atoms with Crippen LogP contribution in [0.5, 0.6) is 0 Å². The van der Waals surface area contributed by atoms with Gasteiger partial charge in [0.2, 0.25) is 0 Å². The molecule has 0 fully saturated rings. The average molecular weight is 164 g/mol. The van der Waals surface area contributed by atoms with E-state index in [4.69, 9.17) is 0 Å². The summed E-state index contributed by atoms with van der Waals surface area (Å²) in [5.41, 5.74) is 4.36. The number of hydrogen-bond donors (Lipinski definition) is 0. The fourth-order valence-electron chi connectivity index (χ4n) is 2.19. The molecule has 0 N–H and O–H groups in total.